The molecule has 0 saturated heterocycles. The van der Waals surface area contributed by atoms with E-state index in [1.807, 2.05) is 13.0 Å². The van der Waals surface area contributed by atoms with Crippen LogP contribution in [0.4, 0.5) is 0 Å². The fourth-order valence-corrected chi connectivity index (χ4v) is 2.14. The predicted octanol–water partition coefficient (Wildman–Crippen LogP) is 3.34. The zero-order valence-corrected chi connectivity index (χ0v) is 10.6. The van der Waals surface area contributed by atoms with Crippen LogP contribution in [-0.2, 0) is 4.74 Å². The van der Waals surface area contributed by atoms with E-state index in [9.17, 15) is 0 Å². The highest BCUT2D eigenvalue weighted by Crippen LogP contribution is 2.24. The molecule has 1 aromatic heterocycles. The maximum absolute atomic E-state index is 5.23. The van der Waals surface area contributed by atoms with Crippen molar-refractivity contribution in [1.82, 2.24) is 9.97 Å². The summed E-state index contributed by atoms with van der Waals surface area (Å²) in [6, 6.07) is 4.09. The normalized spacial score (nSPS) is 13.3. The van der Waals surface area contributed by atoms with Gasteiger partial charge in [0.2, 0.25) is 0 Å². The van der Waals surface area contributed by atoms with Crippen LogP contribution in [0, 0.1) is 6.92 Å². The number of nitrogens with one attached hydrogen (secondary N) is 1. The lowest BCUT2D eigenvalue weighted by atomic mass is 10.2. The number of rotatable bonds is 2. The lowest BCUT2D eigenvalue weighted by molar-refractivity contribution is 0.113. The first-order chi connectivity index (χ1) is 7.11. The molecule has 1 aromatic carbocycles. The largest absolute Gasteiger partial charge is 0.374 e. The summed E-state index contributed by atoms with van der Waals surface area (Å²) in [5.74, 6) is 0.869. The molecule has 2 aromatic rings. The van der Waals surface area contributed by atoms with E-state index in [2.05, 4.69) is 38.9 Å². The smallest absolute Gasteiger partial charge is 0.136 e. The first-order valence-electron chi connectivity index (χ1n) is 4.80. The molecule has 0 saturated carbocycles. The molecular formula is C11H13BrN2O. The summed E-state index contributed by atoms with van der Waals surface area (Å²) in [6.45, 7) is 4.03. The topological polar surface area (TPSA) is 37.9 Å². The number of halogens is 1. The van der Waals surface area contributed by atoms with Crippen LogP contribution in [0.5, 0.6) is 0 Å². The molecule has 80 valence electrons. The van der Waals surface area contributed by atoms with E-state index in [0.29, 0.717) is 0 Å². The molecule has 0 bridgehead atoms. The van der Waals surface area contributed by atoms with Crippen molar-refractivity contribution in [3.05, 3.63) is 28.0 Å². The van der Waals surface area contributed by atoms with Gasteiger partial charge in [-0.05, 0) is 31.5 Å². The van der Waals surface area contributed by atoms with E-state index in [4.69, 9.17) is 4.74 Å². The zero-order valence-electron chi connectivity index (χ0n) is 8.97. The maximum atomic E-state index is 5.23. The van der Waals surface area contributed by atoms with Gasteiger partial charge in [-0.1, -0.05) is 15.9 Å². The highest BCUT2D eigenvalue weighted by molar-refractivity contribution is 9.10. The van der Waals surface area contributed by atoms with Crippen LogP contribution >= 0.6 is 15.9 Å². The molecule has 4 heteroatoms. The quantitative estimate of drug-likeness (QED) is 0.907. The van der Waals surface area contributed by atoms with Crippen molar-refractivity contribution in [2.75, 3.05) is 7.11 Å². The van der Waals surface area contributed by atoms with Crippen molar-refractivity contribution < 1.29 is 4.74 Å². The van der Waals surface area contributed by atoms with Crippen LogP contribution < -0.4 is 0 Å². The number of benzene rings is 1. The Hall–Kier alpha value is -0.870. The molecule has 1 heterocycles. The number of imidazole rings is 1. The number of aromatic amines is 1. The second kappa shape index (κ2) is 3.94. The van der Waals surface area contributed by atoms with Gasteiger partial charge < -0.3 is 9.72 Å². The summed E-state index contributed by atoms with van der Waals surface area (Å²) in [6.07, 6.45) is -0.00410. The van der Waals surface area contributed by atoms with Gasteiger partial charge in [0.1, 0.15) is 11.9 Å². The van der Waals surface area contributed by atoms with E-state index in [0.717, 1.165) is 26.9 Å². The first kappa shape index (κ1) is 10.6. The highest BCUT2D eigenvalue weighted by atomic mass is 79.9. The molecule has 0 aliphatic rings. The predicted molar refractivity (Wildman–Crippen MR) is 64.0 cm³/mol. The number of nitrogens with zero attached hydrogens (tertiary/aromatic N) is 1. The van der Waals surface area contributed by atoms with E-state index in [1.165, 1.54) is 0 Å². The maximum Gasteiger partial charge on any atom is 0.136 e. The van der Waals surface area contributed by atoms with Gasteiger partial charge in [0, 0.05) is 11.6 Å². The standard InChI is InChI=1S/C11H13BrN2O/c1-6-4-8(12)5-9-10(6)14-11(13-9)7(2)15-3/h4-5,7H,1-3H3,(H,13,14). The summed E-state index contributed by atoms with van der Waals surface area (Å²) in [5, 5.41) is 0. The average molecular weight is 269 g/mol. The highest BCUT2D eigenvalue weighted by Gasteiger charge is 2.11. The Balaban J connectivity index is 2.60. The summed E-state index contributed by atoms with van der Waals surface area (Å²) in [4.78, 5) is 7.78. The Morgan fingerprint density at radius 1 is 1.47 bits per heavy atom. The molecule has 3 nitrogen and oxygen atoms in total. The number of aromatic nitrogens is 2. The van der Waals surface area contributed by atoms with Crippen LogP contribution in [0.1, 0.15) is 24.4 Å². The molecule has 1 unspecified atom stereocenters. The lowest BCUT2D eigenvalue weighted by Gasteiger charge is -2.03. The number of aryl methyl sites for hydroxylation is 1. The fourth-order valence-electron chi connectivity index (χ4n) is 1.57. The van der Waals surface area contributed by atoms with Crippen molar-refractivity contribution in [2.45, 2.75) is 20.0 Å². The zero-order chi connectivity index (χ0) is 11.0. The average Bonchev–Trinajstić information content (AvgIpc) is 2.60. The van der Waals surface area contributed by atoms with Gasteiger partial charge in [-0.15, -0.1) is 0 Å². The minimum atomic E-state index is -0.00410. The van der Waals surface area contributed by atoms with Gasteiger partial charge >= 0.3 is 0 Å². The van der Waals surface area contributed by atoms with Crippen LogP contribution in [0.3, 0.4) is 0 Å². The Morgan fingerprint density at radius 3 is 2.87 bits per heavy atom. The number of hydrogen-bond donors (Lipinski definition) is 1. The number of ether oxygens (including phenoxy) is 1. The van der Waals surface area contributed by atoms with Crippen molar-refractivity contribution in [1.29, 1.82) is 0 Å². The molecule has 15 heavy (non-hydrogen) atoms. The Kier molecular flexibility index (Phi) is 2.80. The molecular weight excluding hydrogens is 256 g/mol. The van der Waals surface area contributed by atoms with Gasteiger partial charge in [-0.2, -0.15) is 0 Å². The van der Waals surface area contributed by atoms with Crippen molar-refractivity contribution in [3.8, 4) is 0 Å². The van der Waals surface area contributed by atoms with Crippen molar-refractivity contribution >= 4 is 27.0 Å². The monoisotopic (exact) mass is 268 g/mol. The van der Waals surface area contributed by atoms with Crippen molar-refractivity contribution in [2.24, 2.45) is 0 Å². The van der Waals surface area contributed by atoms with Gasteiger partial charge in [0.05, 0.1) is 11.0 Å². The van der Waals surface area contributed by atoms with Gasteiger partial charge in [0.15, 0.2) is 0 Å². The molecule has 0 spiro atoms. The molecule has 0 radical (unpaired) electrons. The Labute approximate surface area is 97.0 Å². The summed E-state index contributed by atoms with van der Waals surface area (Å²) in [5.41, 5.74) is 3.21. The minimum absolute atomic E-state index is 0.00410. The number of H-pyrrole nitrogens is 1. The molecule has 0 fully saturated rings. The van der Waals surface area contributed by atoms with Crippen LogP contribution in [0.2, 0.25) is 0 Å². The van der Waals surface area contributed by atoms with Gasteiger partial charge in [-0.3, -0.25) is 0 Å². The first-order valence-corrected chi connectivity index (χ1v) is 5.59. The SMILES string of the molecule is COC(C)c1nc2c(C)cc(Br)cc2[nH]1. The summed E-state index contributed by atoms with van der Waals surface area (Å²) in [7, 11) is 1.68. The Bertz CT molecular complexity index is 493. The molecule has 0 aliphatic carbocycles. The van der Waals surface area contributed by atoms with E-state index in [-0.39, 0.29) is 6.10 Å². The van der Waals surface area contributed by atoms with E-state index in [1.54, 1.807) is 7.11 Å². The molecule has 1 N–H and O–H groups in total. The number of hydrogen-bond acceptors (Lipinski definition) is 2. The van der Waals surface area contributed by atoms with Crippen LogP contribution in [0.15, 0.2) is 16.6 Å². The summed E-state index contributed by atoms with van der Waals surface area (Å²) < 4.78 is 6.29. The third-order valence-electron chi connectivity index (χ3n) is 2.50. The fraction of sp³-hybridized carbons (Fsp3) is 0.364. The number of methoxy groups -OCH3 is 1. The second-order valence-electron chi connectivity index (χ2n) is 3.62. The Morgan fingerprint density at radius 2 is 2.20 bits per heavy atom. The van der Waals surface area contributed by atoms with Gasteiger partial charge in [0.25, 0.3) is 0 Å². The van der Waals surface area contributed by atoms with Crippen LogP contribution in [-0.4, -0.2) is 17.1 Å². The molecule has 0 aliphatic heterocycles. The number of fused-ring (bicyclic) bond motifs is 1. The third-order valence-corrected chi connectivity index (χ3v) is 2.96. The van der Waals surface area contributed by atoms with Crippen molar-refractivity contribution in [3.63, 3.8) is 0 Å². The minimum Gasteiger partial charge on any atom is -0.374 e. The van der Waals surface area contributed by atoms with Crippen LogP contribution in [0.25, 0.3) is 11.0 Å². The summed E-state index contributed by atoms with van der Waals surface area (Å²) >= 11 is 3.47. The van der Waals surface area contributed by atoms with Gasteiger partial charge in [-0.25, -0.2) is 4.98 Å². The molecule has 1 atom stereocenters. The molecule has 2 rings (SSSR count). The lowest BCUT2D eigenvalue weighted by Crippen LogP contribution is -1.97. The third kappa shape index (κ3) is 1.92. The molecule has 0 amide bonds. The van der Waals surface area contributed by atoms with E-state index >= 15 is 0 Å². The second-order valence-corrected chi connectivity index (χ2v) is 4.53. The van der Waals surface area contributed by atoms with E-state index < -0.39 is 0 Å².